The molecule has 0 spiro atoms. The molecule has 0 unspecified atom stereocenters. The van der Waals surface area contributed by atoms with Crippen molar-refractivity contribution in [1.29, 1.82) is 0 Å². The molecule has 0 bridgehead atoms. The Morgan fingerprint density at radius 1 is 1.05 bits per heavy atom. The summed E-state index contributed by atoms with van der Waals surface area (Å²) >= 11 is 0. The van der Waals surface area contributed by atoms with Gasteiger partial charge in [0.05, 0.1) is 14.2 Å². The van der Waals surface area contributed by atoms with Crippen LogP contribution >= 0.6 is 0 Å². The van der Waals surface area contributed by atoms with Crippen LogP contribution in [0.2, 0.25) is 0 Å². The van der Waals surface area contributed by atoms with Gasteiger partial charge in [0.2, 0.25) is 0 Å². The largest absolute Gasteiger partial charge is 0.497 e. The van der Waals surface area contributed by atoms with Crippen LogP contribution in [0.3, 0.4) is 0 Å². The molecule has 1 aromatic carbocycles. The second-order valence-electron chi connectivity index (χ2n) is 5.58. The Morgan fingerprint density at radius 3 is 1.95 bits per heavy atom. The molecule has 0 aliphatic rings. The molecule has 1 N–H and O–H groups in total. The molecule has 0 aromatic heterocycles. The maximum absolute atomic E-state index is 12.2. The SMILES string of the molecule is COc1cc(OC)cc(C(=O)NN(C)C(=O)OC(C)(C)C)c1. The predicted molar refractivity (Wildman–Crippen MR) is 81.0 cm³/mol. The third-order valence-corrected chi connectivity index (χ3v) is 2.55. The molecule has 0 heterocycles. The Balaban J connectivity index is 2.82. The molecule has 1 rings (SSSR count). The lowest BCUT2D eigenvalue weighted by atomic mass is 10.2. The van der Waals surface area contributed by atoms with Crippen molar-refractivity contribution in [3.63, 3.8) is 0 Å². The van der Waals surface area contributed by atoms with Crippen LogP contribution in [-0.2, 0) is 4.74 Å². The maximum Gasteiger partial charge on any atom is 0.428 e. The van der Waals surface area contributed by atoms with Crippen LogP contribution in [0, 0.1) is 0 Å². The highest BCUT2D eigenvalue weighted by atomic mass is 16.6. The lowest BCUT2D eigenvalue weighted by Crippen LogP contribution is -2.45. The van der Waals surface area contributed by atoms with Crippen molar-refractivity contribution in [2.45, 2.75) is 26.4 Å². The van der Waals surface area contributed by atoms with Gasteiger partial charge in [-0.25, -0.2) is 9.80 Å². The van der Waals surface area contributed by atoms with Gasteiger partial charge in [-0.15, -0.1) is 0 Å². The lowest BCUT2D eigenvalue weighted by molar-refractivity contribution is 0.0195. The fraction of sp³-hybridized carbons (Fsp3) is 0.467. The van der Waals surface area contributed by atoms with Gasteiger partial charge in [0.25, 0.3) is 5.91 Å². The molecule has 7 nitrogen and oxygen atoms in total. The quantitative estimate of drug-likeness (QED) is 0.866. The molecule has 0 fully saturated rings. The summed E-state index contributed by atoms with van der Waals surface area (Å²) in [5.74, 6) is 0.472. The number of hydrogen-bond donors (Lipinski definition) is 1. The van der Waals surface area contributed by atoms with Crippen molar-refractivity contribution >= 4 is 12.0 Å². The fourth-order valence-electron chi connectivity index (χ4n) is 1.53. The summed E-state index contributed by atoms with van der Waals surface area (Å²) in [7, 11) is 4.38. The lowest BCUT2D eigenvalue weighted by Gasteiger charge is -2.24. The zero-order valence-corrected chi connectivity index (χ0v) is 13.7. The molecule has 0 aliphatic carbocycles. The normalized spacial score (nSPS) is 10.6. The minimum Gasteiger partial charge on any atom is -0.497 e. The van der Waals surface area contributed by atoms with E-state index in [1.165, 1.54) is 21.3 Å². The van der Waals surface area contributed by atoms with E-state index in [1.807, 2.05) is 0 Å². The van der Waals surface area contributed by atoms with Crippen LogP contribution in [0.5, 0.6) is 11.5 Å². The first-order valence-electron chi connectivity index (χ1n) is 6.67. The molecule has 22 heavy (non-hydrogen) atoms. The van der Waals surface area contributed by atoms with E-state index in [9.17, 15) is 9.59 Å². The molecule has 1 aromatic rings. The topological polar surface area (TPSA) is 77.1 Å². The van der Waals surface area contributed by atoms with E-state index in [4.69, 9.17) is 14.2 Å². The van der Waals surface area contributed by atoms with E-state index in [1.54, 1.807) is 39.0 Å². The maximum atomic E-state index is 12.2. The van der Waals surface area contributed by atoms with E-state index < -0.39 is 17.6 Å². The van der Waals surface area contributed by atoms with Gasteiger partial charge in [0, 0.05) is 18.7 Å². The number of amides is 2. The number of carbonyl (C=O) groups excluding carboxylic acids is 2. The van der Waals surface area contributed by atoms with Gasteiger partial charge in [-0.05, 0) is 32.9 Å². The van der Waals surface area contributed by atoms with Gasteiger partial charge >= 0.3 is 6.09 Å². The van der Waals surface area contributed by atoms with Crippen LogP contribution in [0.15, 0.2) is 18.2 Å². The van der Waals surface area contributed by atoms with Crippen molar-refractivity contribution in [2.75, 3.05) is 21.3 Å². The van der Waals surface area contributed by atoms with Crippen molar-refractivity contribution in [3.05, 3.63) is 23.8 Å². The van der Waals surface area contributed by atoms with E-state index in [2.05, 4.69) is 5.43 Å². The van der Waals surface area contributed by atoms with Crippen molar-refractivity contribution in [3.8, 4) is 11.5 Å². The number of benzene rings is 1. The molecule has 7 heteroatoms. The summed E-state index contributed by atoms with van der Waals surface area (Å²) in [6.07, 6.45) is -0.657. The number of methoxy groups -OCH3 is 2. The van der Waals surface area contributed by atoms with E-state index in [0.29, 0.717) is 17.1 Å². The third-order valence-electron chi connectivity index (χ3n) is 2.55. The standard InChI is InChI=1S/C15H22N2O5/c1-15(2,3)22-14(19)17(4)16-13(18)10-7-11(20-5)9-12(8-10)21-6/h7-9H,1-6H3,(H,16,18). The Morgan fingerprint density at radius 2 is 1.55 bits per heavy atom. The highest BCUT2D eigenvalue weighted by molar-refractivity contribution is 5.95. The first kappa shape index (κ1) is 17.6. The summed E-state index contributed by atoms with van der Waals surface area (Å²) in [6, 6.07) is 4.73. The van der Waals surface area contributed by atoms with Crippen LogP contribution in [-0.4, -0.2) is 43.9 Å². The summed E-state index contributed by atoms with van der Waals surface area (Å²) in [5, 5.41) is 0.986. The third kappa shape index (κ3) is 5.16. The number of carbonyl (C=O) groups is 2. The van der Waals surface area contributed by atoms with Gasteiger partial charge in [0.15, 0.2) is 0 Å². The summed E-state index contributed by atoms with van der Waals surface area (Å²) in [6.45, 7) is 5.23. The Labute approximate surface area is 130 Å². The molecule has 0 atom stereocenters. The molecular weight excluding hydrogens is 288 g/mol. The van der Waals surface area contributed by atoms with E-state index >= 15 is 0 Å². The first-order chi connectivity index (χ1) is 10.2. The Bertz CT molecular complexity index is 529. The smallest absolute Gasteiger partial charge is 0.428 e. The average molecular weight is 310 g/mol. The molecule has 122 valence electrons. The number of nitrogens with one attached hydrogen (secondary N) is 1. The minimum atomic E-state index is -0.657. The van der Waals surface area contributed by atoms with E-state index in [0.717, 1.165) is 5.01 Å². The monoisotopic (exact) mass is 310 g/mol. The van der Waals surface area contributed by atoms with Crippen LogP contribution in [0.1, 0.15) is 31.1 Å². The summed E-state index contributed by atoms with van der Waals surface area (Å²) in [4.78, 5) is 24.0. The second kappa shape index (κ2) is 7.02. The molecule has 2 amide bonds. The highest BCUT2D eigenvalue weighted by Crippen LogP contribution is 2.22. The van der Waals surface area contributed by atoms with E-state index in [-0.39, 0.29) is 0 Å². The zero-order valence-electron chi connectivity index (χ0n) is 13.7. The van der Waals surface area contributed by atoms with Gasteiger partial charge in [0.1, 0.15) is 17.1 Å². The Hall–Kier alpha value is -2.44. The number of hydrazine groups is 1. The van der Waals surface area contributed by atoms with Crippen molar-refractivity contribution in [1.82, 2.24) is 10.4 Å². The molecule has 0 saturated carbocycles. The van der Waals surface area contributed by atoms with Gasteiger partial charge in [-0.1, -0.05) is 0 Å². The number of rotatable bonds is 3. The van der Waals surface area contributed by atoms with Crippen LogP contribution in [0.4, 0.5) is 4.79 Å². The predicted octanol–water partition coefficient (Wildman–Crippen LogP) is 2.22. The second-order valence-corrected chi connectivity index (χ2v) is 5.58. The fourth-order valence-corrected chi connectivity index (χ4v) is 1.53. The van der Waals surface area contributed by atoms with Crippen molar-refractivity contribution in [2.24, 2.45) is 0 Å². The summed E-state index contributed by atoms with van der Waals surface area (Å²) < 4.78 is 15.4. The number of ether oxygens (including phenoxy) is 3. The number of hydrogen-bond acceptors (Lipinski definition) is 5. The molecular formula is C15H22N2O5. The first-order valence-corrected chi connectivity index (χ1v) is 6.67. The van der Waals surface area contributed by atoms with Crippen molar-refractivity contribution < 1.29 is 23.8 Å². The molecule has 0 aliphatic heterocycles. The van der Waals surface area contributed by atoms with Crippen LogP contribution < -0.4 is 14.9 Å². The number of nitrogens with zero attached hydrogens (tertiary/aromatic N) is 1. The zero-order chi connectivity index (χ0) is 16.9. The van der Waals surface area contributed by atoms with Gasteiger partial charge in [-0.2, -0.15) is 0 Å². The van der Waals surface area contributed by atoms with Gasteiger partial charge in [-0.3, -0.25) is 10.2 Å². The van der Waals surface area contributed by atoms with Gasteiger partial charge < -0.3 is 14.2 Å². The molecule has 0 radical (unpaired) electrons. The minimum absolute atomic E-state index is 0.298. The average Bonchev–Trinajstić information content (AvgIpc) is 2.44. The van der Waals surface area contributed by atoms with Crippen LogP contribution in [0.25, 0.3) is 0 Å². The summed E-state index contributed by atoms with van der Waals surface area (Å²) in [5.41, 5.74) is 2.08. The Kier molecular flexibility index (Phi) is 5.62. The molecule has 0 saturated heterocycles. The highest BCUT2D eigenvalue weighted by Gasteiger charge is 2.21.